The van der Waals surface area contributed by atoms with E-state index in [1.807, 2.05) is 11.4 Å². The molecule has 0 fully saturated rings. The molecule has 0 spiro atoms. The van der Waals surface area contributed by atoms with Gasteiger partial charge in [-0.3, -0.25) is 0 Å². The number of thiophene rings is 1. The van der Waals surface area contributed by atoms with Crippen LogP contribution >= 0.6 is 11.3 Å². The largest absolute Gasteiger partial charge is 0.439 e. The molecule has 0 amide bonds. The van der Waals surface area contributed by atoms with Crippen molar-refractivity contribution in [3.05, 3.63) is 28.9 Å². The molecule has 1 N–H and O–H groups in total. The van der Waals surface area contributed by atoms with Crippen LogP contribution in [0.4, 0.5) is 0 Å². The van der Waals surface area contributed by atoms with Crippen LogP contribution in [-0.2, 0) is 6.54 Å². The van der Waals surface area contributed by atoms with Gasteiger partial charge in [0.1, 0.15) is 0 Å². The Hall–Kier alpha value is -1.13. The molecule has 0 aliphatic rings. The van der Waals surface area contributed by atoms with Crippen molar-refractivity contribution in [3.8, 4) is 11.3 Å². The Kier molecular flexibility index (Phi) is 3.53. The molecular weight excluding hydrogens is 208 g/mol. The van der Waals surface area contributed by atoms with Gasteiger partial charge in [-0.25, -0.2) is 4.98 Å². The molecule has 0 atom stereocenters. The zero-order valence-electron chi connectivity index (χ0n) is 8.69. The first kappa shape index (κ1) is 10.4. The Bertz CT molecular complexity index is 394. The first-order valence-electron chi connectivity index (χ1n) is 5.08. The van der Waals surface area contributed by atoms with E-state index in [1.165, 1.54) is 0 Å². The molecule has 2 aromatic heterocycles. The Morgan fingerprint density at radius 2 is 2.47 bits per heavy atom. The van der Waals surface area contributed by atoms with Gasteiger partial charge >= 0.3 is 0 Å². The Balaban J connectivity index is 1.98. The summed E-state index contributed by atoms with van der Waals surface area (Å²) in [4.78, 5) is 4.22. The van der Waals surface area contributed by atoms with Gasteiger partial charge in [-0.2, -0.15) is 11.3 Å². The number of hydrogen-bond acceptors (Lipinski definition) is 4. The number of oxazole rings is 1. The third-order valence-electron chi connectivity index (χ3n) is 2.06. The second-order valence-corrected chi connectivity index (χ2v) is 4.09. The van der Waals surface area contributed by atoms with Crippen LogP contribution in [0.15, 0.2) is 27.4 Å². The summed E-state index contributed by atoms with van der Waals surface area (Å²) in [5, 5.41) is 7.35. The molecule has 0 aliphatic carbocycles. The van der Waals surface area contributed by atoms with Crippen molar-refractivity contribution in [1.29, 1.82) is 0 Å². The van der Waals surface area contributed by atoms with Crippen molar-refractivity contribution < 1.29 is 4.42 Å². The van der Waals surface area contributed by atoms with Crippen molar-refractivity contribution in [2.24, 2.45) is 0 Å². The minimum absolute atomic E-state index is 0.706. The summed E-state index contributed by atoms with van der Waals surface area (Å²) >= 11 is 1.66. The molecule has 2 heterocycles. The number of nitrogens with one attached hydrogen (secondary N) is 1. The maximum absolute atomic E-state index is 5.61. The molecule has 0 radical (unpaired) electrons. The van der Waals surface area contributed by atoms with Gasteiger partial charge in [-0.05, 0) is 24.4 Å². The highest BCUT2D eigenvalue weighted by Gasteiger charge is 2.05. The lowest BCUT2D eigenvalue weighted by Gasteiger charge is -1.97. The minimum Gasteiger partial charge on any atom is -0.439 e. The van der Waals surface area contributed by atoms with E-state index in [0.29, 0.717) is 6.54 Å². The first-order valence-corrected chi connectivity index (χ1v) is 6.02. The van der Waals surface area contributed by atoms with Crippen molar-refractivity contribution in [2.45, 2.75) is 19.9 Å². The molecule has 0 bridgehead atoms. The smallest absolute Gasteiger partial charge is 0.208 e. The molecule has 0 aliphatic heterocycles. The van der Waals surface area contributed by atoms with E-state index in [1.54, 1.807) is 17.5 Å². The summed E-state index contributed by atoms with van der Waals surface area (Å²) in [6.07, 6.45) is 2.91. The minimum atomic E-state index is 0.706. The number of rotatable bonds is 5. The molecule has 0 unspecified atom stereocenters. The number of aromatic nitrogens is 1. The van der Waals surface area contributed by atoms with E-state index >= 15 is 0 Å². The highest BCUT2D eigenvalue weighted by Crippen LogP contribution is 2.22. The normalized spacial score (nSPS) is 10.7. The van der Waals surface area contributed by atoms with Crippen LogP contribution in [0.25, 0.3) is 11.3 Å². The van der Waals surface area contributed by atoms with E-state index in [9.17, 15) is 0 Å². The number of nitrogens with zero attached hydrogens (tertiary/aromatic N) is 1. The fraction of sp³-hybridized carbons (Fsp3) is 0.364. The zero-order valence-corrected chi connectivity index (χ0v) is 9.51. The molecule has 0 saturated carbocycles. The highest BCUT2D eigenvalue weighted by molar-refractivity contribution is 7.08. The molecule has 3 nitrogen and oxygen atoms in total. The van der Waals surface area contributed by atoms with Crippen LogP contribution in [0, 0.1) is 0 Å². The average Bonchev–Trinajstić information content (AvgIpc) is 2.87. The molecular formula is C11H14N2OS. The van der Waals surface area contributed by atoms with Crippen molar-refractivity contribution in [1.82, 2.24) is 10.3 Å². The molecule has 2 rings (SSSR count). The SMILES string of the molecule is CCCNCc1ncc(-c2ccsc2)o1. The van der Waals surface area contributed by atoms with Gasteiger partial charge in [-0.15, -0.1) is 0 Å². The quantitative estimate of drug-likeness (QED) is 0.790. The Morgan fingerprint density at radius 3 is 3.20 bits per heavy atom. The van der Waals surface area contributed by atoms with E-state index in [0.717, 1.165) is 30.2 Å². The second-order valence-electron chi connectivity index (χ2n) is 3.31. The zero-order chi connectivity index (χ0) is 10.5. The molecule has 0 saturated heterocycles. The van der Waals surface area contributed by atoms with Gasteiger partial charge in [0.25, 0.3) is 0 Å². The summed E-state index contributed by atoms with van der Waals surface area (Å²) < 4.78 is 5.61. The highest BCUT2D eigenvalue weighted by atomic mass is 32.1. The molecule has 2 aromatic rings. The first-order chi connectivity index (χ1) is 7.40. The molecule has 80 valence electrons. The lowest BCUT2D eigenvalue weighted by molar-refractivity contribution is 0.478. The summed E-state index contributed by atoms with van der Waals surface area (Å²) in [6, 6.07) is 2.04. The summed E-state index contributed by atoms with van der Waals surface area (Å²) in [5.41, 5.74) is 1.11. The van der Waals surface area contributed by atoms with Gasteiger partial charge in [0.2, 0.25) is 5.89 Å². The van der Waals surface area contributed by atoms with Crippen LogP contribution in [0.5, 0.6) is 0 Å². The van der Waals surface area contributed by atoms with Gasteiger partial charge in [0, 0.05) is 10.9 Å². The maximum Gasteiger partial charge on any atom is 0.208 e. The van der Waals surface area contributed by atoms with Gasteiger partial charge < -0.3 is 9.73 Å². The van der Waals surface area contributed by atoms with Gasteiger partial charge in [0.05, 0.1) is 12.7 Å². The van der Waals surface area contributed by atoms with E-state index in [-0.39, 0.29) is 0 Å². The van der Waals surface area contributed by atoms with Crippen molar-refractivity contribution in [3.63, 3.8) is 0 Å². The van der Waals surface area contributed by atoms with Crippen molar-refractivity contribution in [2.75, 3.05) is 6.54 Å². The maximum atomic E-state index is 5.61. The lowest BCUT2D eigenvalue weighted by Crippen LogP contribution is -2.13. The summed E-state index contributed by atoms with van der Waals surface area (Å²) in [6.45, 7) is 3.84. The molecule has 4 heteroatoms. The fourth-order valence-electron chi connectivity index (χ4n) is 1.30. The lowest BCUT2D eigenvalue weighted by atomic mass is 10.3. The van der Waals surface area contributed by atoms with Crippen LogP contribution < -0.4 is 5.32 Å². The summed E-state index contributed by atoms with van der Waals surface area (Å²) in [5.74, 6) is 1.61. The monoisotopic (exact) mass is 222 g/mol. The van der Waals surface area contributed by atoms with E-state index < -0.39 is 0 Å². The Labute approximate surface area is 93.2 Å². The average molecular weight is 222 g/mol. The van der Waals surface area contributed by atoms with E-state index in [4.69, 9.17) is 4.42 Å². The molecule has 0 aromatic carbocycles. The topological polar surface area (TPSA) is 38.1 Å². The standard InChI is InChI=1S/C11H14N2OS/c1-2-4-12-7-11-13-6-10(14-11)9-3-5-15-8-9/h3,5-6,8,12H,2,4,7H2,1H3. The van der Waals surface area contributed by atoms with E-state index in [2.05, 4.69) is 22.6 Å². The predicted octanol–water partition coefficient (Wildman–Crippen LogP) is 2.90. The number of hydrogen-bond donors (Lipinski definition) is 1. The van der Waals surface area contributed by atoms with Crippen LogP contribution in [0.1, 0.15) is 19.2 Å². The van der Waals surface area contributed by atoms with Crippen LogP contribution in [0.2, 0.25) is 0 Å². The molecule has 15 heavy (non-hydrogen) atoms. The van der Waals surface area contributed by atoms with Crippen LogP contribution in [0.3, 0.4) is 0 Å². The summed E-state index contributed by atoms with van der Waals surface area (Å²) in [7, 11) is 0. The van der Waals surface area contributed by atoms with Gasteiger partial charge in [0.15, 0.2) is 5.76 Å². The van der Waals surface area contributed by atoms with Crippen LogP contribution in [-0.4, -0.2) is 11.5 Å². The Morgan fingerprint density at radius 1 is 1.53 bits per heavy atom. The second kappa shape index (κ2) is 5.09. The fourth-order valence-corrected chi connectivity index (χ4v) is 1.95. The predicted molar refractivity (Wildman–Crippen MR) is 61.8 cm³/mol. The third kappa shape index (κ3) is 2.67. The third-order valence-corrected chi connectivity index (χ3v) is 2.75. The van der Waals surface area contributed by atoms with Gasteiger partial charge in [-0.1, -0.05) is 6.92 Å². The van der Waals surface area contributed by atoms with Crippen molar-refractivity contribution >= 4 is 11.3 Å².